The van der Waals surface area contributed by atoms with Crippen molar-refractivity contribution in [3.8, 4) is 11.5 Å². The Kier molecular flexibility index (Phi) is 5.89. The van der Waals surface area contributed by atoms with Gasteiger partial charge in [0.1, 0.15) is 11.4 Å². The molecule has 0 aliphatic rings. The number of amides is 1. The van der Waals surface area contributed by atoms with Crippen LogP contribution in [-0.4, -0.2) is 29.0 Å². The second-order valence-electron chi connectivity index (χ2n) is 5.36. The average Bonchev–Trinajstić information content (AvgIpc) is 2.61. The number of hydrogen-bond donors (Lipinski definition) is 1. The summed E-state index contributed by atoms with van der Waals surface area (Å²) in [5.41, 5.74) is 1.39. The number of carbonyl (C=O) groups excluding carboxylic acids is 1. The highest BCUT2D eigenvalue weighted by molar-refractivity contribution is 5.80. The molecule has 0 aliphatic heterocycles. The molecule has 1 heterocycles. The number of nitro groups is 1. The summed E-state index contributed by atoms with van der Waals surface area (Å²) < 4.78 is 10.5. The third kappa shape index (κ3) is 4.90. The summed E-state index contributed by atoms with van der Waals surface area (Å²) in [7, 11) is 1.58. The summed E-state index contributed by atoms with van der Waals surface area (Å²) in [6, 6.07) is 10.3. The number of rotatable bonds is 7. The van der Waals surface area contributed by atoms with E-state index in [1.807, 2.05) is 12.1 Å². The molecule has 1 N–H and O–H groups in total. The van der Waals surface area contributed by atoms with Crippen LogP contribution in [0.1, 0.15) is 18.2 Å². The van der Waals surface area contributed by atoms with Crippen molar-refractivity contribution in [3.63, 3.8) is 0 Å². The molecule has 1 aromatic carbocycles. The molecule has 2 aromatic rings. The summed E-state index contributed by atoms with van der Waals surface area (Å²) >= 11 is 0. The summed E-state index contributed by atoms with van der Waals surface area (Å²) in [6.07, 6.45) is -0.901. The number of benzene rings is 1. The largest absolute Gasteiger partial charge is 0.497 e. The fourth-order valence-electron chi connectivity index (χ4n) is 2.07. The molecule has 1 aromatic heterocycles. The third-order valence-corrected chi connectivity index (χ3v) is 3.45. The molecule has 0 spiro atoms. The van der Waals surface area contributed by atoms with Crippen molar-refractivity contribution >= 4 is 11.7 Å². The second-order valence-corrected chi connectivity index (χ2v) is 5.36. The Bertz CT molecular complexity index is 761. The Morgan fingerprint density at radius 3 is 2.56 bits per heavy atom. The van der Waals surface area contributed by atoms with Gasteiger partial charge in [0.05, 0.1) is 7.11 Å². The first kappa shape index (κ1) is 18.2. The lowest BCUT2D eigenvalue weighted by molar-refractivity contribution is -0.390. The number of aromatic nitrogens is 1. The van der Waals surface area contributed by atoms with Crippen molar-refractivity contribution < 1.29 is 19.2 Å². The van der Waals surface area contributed by atoms with E-state index in [1.54, 1.807) is 32.2 Å². The maximum atomic E-state index is 12.1. The number of ether oxygens (including phenoxy) is 2. The molecule has 0 fully saturated rings. The van der Waals surface area contributed by atoms with E-state index in [-0.39, 0.29) is 11.7 Å². The average molecular weight is 345 g/mol. The zero-order valence-electron chi connectivity index (χ0n) is 14.2. The van der Waals surface area contributed by atoms with E-state index in [0.717, 1.165) is 11.3 Å². The first-order chi connectivity index (χ1) is 11.9. The van der Waals surface area contributed by atoms with Crippen LogP contribution in [0.15, 0.2) is 36.4 Å². The van der Waals surface area contributed by atoms with Gasteiger partial charge in [0, 0.05) is 13.5 Å². The van der Waals surface area contributed by atoms with Crippen LogP contribution in [-0.2, 0) is 11.3 Å². The van der Waals surface area contributed by atoms with Crippen LogP contribution in [0.3, 0.4) is 0 Å². The number of hydrogen-bond acceptors (Lipinski definition) is 6. The number of carbonyl (C=O) groups is 1. The minimum Gasteiger partial charge on any atom is -0.497 e. The van der Waals surface area contributed by atoms with E-state index in [1.165, 1.54) is 13.0 Å². The van der Waals surface area contributed by atoms with Crippen molar-refractivity contribution in [1.29, 1.82) is 0 Å². The Morgan fingerprint density at radius 2 is 1.96 bits per heavy atom. The number of nitrogens with zero attached hydrogens (tertiary/aromatic N) is 2. The van der Waals surface area contributed by atoms with E-state index < -0.39 is 16.8 Å². The second kappa shape index (κ2) is 8.09. The lowest BCUT2D eigenvalue weighted by Crippen LogP contribution is -2.36. The molecule has 1 amide bonds. The van der Waals surface area contributed by atoms with E-state index in [4.69, 9.17) is 9.47 Å². The van der Waals surface area contributed by atoms with Gasteiger partial charge < -0.3 is 24.9 Å². The summed E-state index contributed by atoms with van der Waals surface area (Å²) in [6.45, 7) is 3.47. The molecule has 0 saturated carbocycles. The molecule has 0 bridgehead atoms. The summed E-state index contributed by atoms with van der Waals surface area (Å²) in [4.78, 5) is 26.4. The van der Waals surface area contributed by atoms with Crippen LogP contribution in [0.5, 0.6) is 11.5 Å². The zero-order chi connectivity index (χ0) is 18.4. The van der Waals surface area contributed by atoms with E-state index in [2.05, 4.69) is 10.3 Å². The molecule has 2 rings (SSSR count). The van der Waals surface area contributed by atoms with Crippen molar-refractivity contribution in [2.45, 2.75) is 26.5 Å². The van der Waals surface area contributed by atoms with E-state index in [0.29, 0.717) is 12.2 Å². The first-order valence-corrected chi connectivity index (χ1v) is 7.60. The fraction of sp³-hybridized carbons (Fsp3) is 0.294. The molecular formula is C17H19N3O5. The van der Waals surface area contributed by atoms with Gasteiger partial charge in [-0.25, -0.2) is 0 Å². The van der Waals surface area contributed by atoms with Crippen LogP contribution < -0.4 is 14.8 Å². The van der Waals surface area contributed by atoms with Crippen LogP contribution in [0.2, 0.25) is 0 Å². The summed E-state index contributed by atoms with van der Waals surface area (Å²) in [5.74, 6) is -0.103. The van der Waals surface area contributed by atoms with Gasteiger partial charge in [-0.1, -0.05) is 12.1 Å². The lowest BCUT2D eigenvalue weighted by atomic mass is 10.2. The number of aryl methyl sites for hydroxylation is 1. The number of methoxy groups -OCH3 is 1. The van der Waals surface area contributed by atoms with Gasteiger partial charge >= 0.3 is 5.82 Å². The standard InChI is InChI=1S/C17H19N3O5/c1-11-4-9-15(16(19-11)20(22)23)25-12(2)17(21)18-10-13-5-7-14(24-3)8-6-13/h4-9,12H,10H2,1-3H3,(H,18,21)/t12-/m1/s1. The van der Waals surface area contributed by atoms with Gasteiger partial charge in [-0.3, -0.25) is 4.79 Å². The van der Waals surface area contributed by atoms with Crippen molar-refractivity contribution in [2.24, 2.45) is 0 Å². The van der Waals surface area contributed by atoms with Crippen LogP contribution in [0.25, 0.3) is 0 Å². The highest BCUT2D eigenvalue weighted by atomic mass is 16.6. The van der Waals surface area contributed by atoms with Crippen molar-refractivity contribution in [2.75, 3.05) is 7.11 Å². The Hall–Kier alpha value is -3.16. The summed E-state index contributed by atoms with van der Waals surface area (Å²) in [5, 5.41) is 13.8. The molecule has 0 radical (unpaired) electrons. The maximum absolute atomic E-state index is 12.1. The van der Waals surface area contributed by atoms with Gasteiger partial charge in [0.25, 0.3) is 5.91 Å². The minimum absolute atomic E-state index is 0.0392. The molecule has 132 valence electrons. The quantitative estimate of drug-likeness (QED) is 0.610. The molecular weight excluding hydrogens is 326 g/mol. The SMILES string of the molecule is COc1ccc(CNC(=O)[C@@H](C)Oc2ccc(C)nc2[N+](=O)[O-])cc1. The van der Waals surface area contributed by atoms with Crippen molar-refractivity contribution in [1.82, 2.24) is 10.3 Å². The van der Waals surface area contributed by atoms with Crippen molar-refractivity contribution in [3.05, 3.63) is 57.8 Å². The van der Waals surface area contributed by atoms with Gasteiger partial charge in [0.15, 0.2) is 6.10 Å². The lowest BCUT2D eigenvalue weighted by Gasteiger charge is -2.14. The van der Waals surface area contributed by atoms with Gasteiger partial charge in [0.2, 0.25) is 5.75 Å². The molecule has 25 heavy (non-hydrogen) atoms. The Labute approximate surface area is 144 Å². The molecule has 8 nitrogen and oxygen atoms in total. The normalized spacial score (nSPS) is 11.5. The van der Waals surface area contributed by atoms with E-state index in [9.17, 15) is 14.9 Å². The predicted octanol–water partition coefficient (Wildman–Crippen LogP) is 2.39. The maximum Gasteiger partial charge on any atom is 0.406 e. The zero-order valence-corrected chi connectivity index (χ0v) is 14.2. The van der Waals surface area contributed by atoms with Crippen LogP contribution in [0, 0.1) is 17.0 Å². The smallest absolute Gasteiger partial charge is 0.406 e. The highest BCUT2D eigenvalue weighted by Crippen LogP contribution is 2.25. The Balaban J connectivity index is 1.97. The highest BCUT2D eigenvalue weighted by Gasteiger charge is 2.22. The van der Waals surface area contributed by atoms with Gasteiger partial charge in [-0.15, -0.1) is 0 Å². The number of nitrogens with one attached hydrogen (secondary N) is 1. The molecule has 0 saturated heterocycles. The molecule has 1 atom stereocenters. The van der Waals surface area contributed by atoms with Crippen LogP contribution in [0.4, 0.5) is 5.82 Å². The number of pyridine rings is 1. The van der Waals surface area contributed by atoms with Gasteiger partial charge in [-0.2, -0.15) is 0 Å². The third-order valence-electron chi connectivity index (χ3n) is 3.45. The monoisotopic (exact) mass is 345 g/mol. The molecule has 0 aliphatic carbocycles. The van der Waals surface area contributed by atoms with E-state index >= 15 is 0 Å². The molecule has 8 heteroatoms. The first-order valence-electron chi connectivity index (χ1n) is 7.60. The molecule has 0 unspecified atom stereocenters. The van der Waals surface area contributed by atoms with Crippen LogP contribution >= 0.6 is 0 Å². The van der Waals surface area contributed by atoms with Gasteiger partial charge in [-0.05, 0) is 46.7 Å². The predicted molar refractivity (Wildman–Crippen MR) is 90.6 cm³/mol. The minimum atomic E-state index is -0.901. The Morgan fingerprint density at radius 1 is 1.28 bits per heavy atom. The topological polar surface area (TPSA) is 104 Å². The fourth-order valence-corrected chi connectivity index (χ4v) is 2.07.